The highest BCUT2D eigenvalue weighted by Gasteiger charge is 2.18. The van der Waals surface area contributed by atoms with Gasteiger partial charge in [0.15, 0.2) is 0 Å². The summed E-state index contributed by atoms with van der Waals surface area (Å²) in [6, 6.07) is 12.0. The summed E-state index contributed by atoms with van der Waals surface area (Å²) in [4.78, 5) is 12.3. The standard InChI is InChI=1S/C21H27FN2O2/c1-14-5-10-20(26-4)19(13-14)15(2)24-16(3)21(25)23-12-11-17-6-8-18(22)9-7-17/h5-10,13,15-16,24H,11-12H2,1-4H3,(H,23,25). The third-order valence-corrected chi connectivity index (χ3v) is 4.37. The molecule has 0 heterocycles. The van der Waals surface area contributed by atoms with Crippen LogP contribution in [0, 0.1) is 12.7 Å². The van der Waals surface area contributed by atoms with Crippen LogP contribution in [0.4, 0.5) is 4.39 Å². The van der Waals surface area contributed by atoms with E-state index in [2.05, 4.69) is 16.7 Å². The normalized spacial score (nSPS) is 13.1. The molecule has 0 spiro atoms. The first kappa shape index (κ1) is 19.9. The van der Waals surface area contributed by atoms with E-state index in [4.69, 9.17) is 4.74 Å². The Morgan fingerprint density at radius 3 is 2.50 bits per heavy atom. The van der Waals surface area contributed by atoms with Gasteiger partial charge in [-0.05, 0) is 51.0 Å². The summed E-state index contributed by atoms with van der Waals surface area (Å²) in [7, 11) is 1.65. The molecular weight excluding hydrogens is 331 g/mol. The molecule has 2 aromatic carbocycles. The SMILES string of the molecule is COc1ccc(C)cc1C(C)NC(C)C(=O)NCCc1ccc(F)cc1. The van der Waals surface area contributed by atoms with Crippen molar-refractivity contribution in [2.75, 3.05) is 13.7 Å². The summed E-state index contributed by atoms with van der Waals surface area (Å²) < 4.78 is 18.3. The van der Waals surface area contributed by atoms with E-state index in [1.807, 2.05) is 32.9 Å². The molecule has 2 unspecified atom stereocenters. The lowest BCUT2D eigenvalue weighted by Crippen LogP contribution is -2.43. The predicted octanol–water partition coefficient (Wildman–Crippen LogP) is 3.54. The largest absolute Gasteiger partial charge is 0.496 e. The van der Waals surface area contributed by atoms with Crippen LogP contribution in [0.25, 0.3) is 0 Å². The molecule has 2 rings (SSSR count). The summed E-state index contributed by atoms with van der Waals surface area (Å²) in [5.41, 5.74) is 3.16. The van der Waals surface area contributed by atoms with Gasteiger partial charge in [0.25, 0.3) is 0 Å². The topological polar surface area (TPSA) is 50.4 Å². The number of amides is 1. The van der Waals surface area contributed by atoms with Crippen molar-refractivity contribution in [1.29, 1.82) is 0 Å². The molecule has 4 nitrogen and oxygen atoms in total. The van der Waals surface area contributed by atoms with Crippen molar-refractivity contribution in [2.24, 2.45) is 0 Å². The van der Waals surface area contributed by atoms with Crippen LogP contribution in [0.3, 0.4) is 0 Å². The molecule has 0 radical (unpaired) electrons. The third-order valence-electron chi connectivity index (χ3n) is 4.37. The maximum atomic E-state index is 12.9. The Hall–Kier alpha value is -2.40. The van der Waals surface area contributed by atoms with Crippen molar-refractivity contribution in [3.05, 3.63) is 65.0 Å². The van der Waals surface area contributed by atoms with Crippen molar-refractivity contribution in [1.82, 2.24) is 10.6 Å². The van der Waals surface area contributed by atoms with Crippen molar-refractivity contribution in [3.8, 4) is 5.75 Å². The van der Waals surface area contributed by atoms with Crippen LogP contribution in [-0.4, -0.2) is 25.6 Å². The monoisotopic (exact) mass is 358 g/mol. The second-order valence-electron chi connectivity index (χ2n) is 6.52. The molecular formula is C21H27FN2O2. The third kappa shape index (κ3) is 5.56. The van der Waals surface area contributed by atoms with Gasteiger partial charge in [0.1, 0.15) is 11.6 Å². The molecule has 140 valence electrons. The summed E-state index contributed by atoms with van der Waals surface area (Å²) in [6.07, 6.45) is 0.667. The van der Waals surface area contributed by atoms with Gasteiger partial charge < -0.3 is 10.1 Å². The Bertz CT molecular complexity index is 731. The van der Waals surface area contributed by atoms with Gasteiger partial charge in [-0.3, -0.25) is 10.1 Å². The van der Waals surface area contributed by atoms with E-state index in [0.29, 0.717) is 13.0 Å². The molecule has 1 amide bonds. The van der Waals surface area contributed by atoms with E-state index in [1.54, 1.807) is 19.2 Å². The maximum absolute atomic E-state index is 12.9. The number of methoxy groups -OCH3 is 1. The smallest absolute Gasteiger partial charge is 0.236 e. The molecule has 0 aliphatic rings. The lowest BCUT2D eigenvalue weighted by molar-refractivity contribution is -0.122. The van der Waals surface area contributed by atoms with Crippen molar-refractivity contribution in [3.63, 3.8) is 0 Å². The molecule has 2 aromatic rings. The van der Waals surface area contributed by atoms with Crippen LogP contribution in [-0.2, 0) is 11.2 Å². The average molecular weight is 358 g/mol. The predicted molar refractivity (Wildman–Crippen MR) is 102 cm³/mol. The fraction of sp³-hybridized carbons (Fsp3) is 0.381. The highest BCUT2D eigenvalue weighted by Crippen LogP contribution is 2.26. The minimum absolute atomic E-state index is 0.0253. The highest BCUT2D eigenvalue weighted by atomic mass is 19.1. The van der Waals surface area contributed by atoms with E-state index < -0.39 is 0 Å². The van der Waals surface area contributed by atoms with Crippen LogP contribution in [0.1, 0.15) is 36.6 Å². The molecule has 0 fully saturated rings. The minimum atomic E-state index is -0.344. The van der Waals surface area contributed by atoms with Gasteiger partial charge in [0, 0.05) is 18.2 Å². The Labute approximate surface area is 154 Å². The zero-order valence-corrected chi connectivity index (χ0v) is 15.8. The van der Waals surface area contributed by atoms with E-state index in [9.17, 15) is 9.18 Å². The van der Waals surface area contributed by atoms with Gasteiger partial charge in [-0.1, -0.05) is 29.8 Å². The summed E-state index contributed by atoms with van der Waals surface area (Å²) in [5.74, 6) is 0.487. The second-order valence-corrected chi connectivity index (χ2v) is 6.52. The molecule has 5 heteroatoms. The molecule has 0 bridgehead atoms. The lowest BCUT2D eigenvalue weighted by atomic mass is 10.0. The molecule has 26 heavy (non-hydrogen) atoms. The first-order valence-corrected chi connectivity index (χ1v) is 8.83. The highest BCUT2D eigenvalue weighted by molar-refractivity contribution is 5.81. The molecule has 0 aliphatic heterocycles. The van der Waals surface area contributed by atoms with Gasteiger partial charge >= 0.3 is 0 Å². The Morgan fingerprint density at radius 1 is 1.15 bits per heavy atom. The van der Waals surface area contributed by atoms with Crippen LogP contribution >= 0.6 is 0 Å². The number of ether oxygens (including phenoxy) is 1. The number of rotatable bonds is 8. The van der Waals surface area contributed by atoms with Crippen LogP contribution in [0.15, 0.2) is 42.5 Å². The van der Waals surface area contributed by atoms with Gasteiger partial charge in [-0.15, -0.1) is 0 Å². The Kier molecular flexibility index (Phi) is 7.16. The number of aryl methyl sites for hydroxylation is 1. The number of nitrogens with one attached hydrogen (secondary N) is 2. The Morgan fingerprint density at radius 2 is 1.85 bits per heavy atom. The molecule has 0 saturated heterocycles. The van der Waals surface area contributed by atoms with Crippen LogP contribution in [0.2, 0.25) is 0 Å². The average Bonchev–Trinajstić information content (AvgIpc) is 2.63. The van der Waals surface area contributed by atoms with Crippen LogP contribution < -0.4 is 15.4 Å². The fourth-order valence-electron chi connectivity index (χ4n) is 2.87. The summed E-state index contributed by atoms with van der Waals surface area (Å²) >= 11 is 0. The molecule has 0 aliphatic carbocycles. The zero-order chi connectivity index (χ0) is 19.1. The van der Waals surface area contributed by atoms with Crippen LogP contribution in [0.5, 0.6) is 5.75 Å². The second kappa shape index (κ2) is 9.34. The lowest BCUT2D eigenvalue weighted by Gasteiger charge is -2.22. The number of hydrogen-bond acceptors (Lipinski definition) is 3. The number of carbonyl (C=O) groups is 1. The van der Waals surface area contributed by atoms with E-state index >= 15 is 0 Å². The van der Waals surface area contributed by atoms with Crippen molar-refractivity contribution in [2.45, 2.75) is 39.3 Å². The number of hydrogen-bond donors (Lipinski definition) is 2. The first-order valence-electron chi connectivity index (χ1n) is 8.83. The summed E-state index contributed by atoms with van der Waals surface area (Å²) in [5, 5.41) is 6.23. The summed E-state index contributed by atoms with van der Waals surface area (Å²) in [6.45, 7) is 6.39. The van der Waals surface area contributed by atoms with Crippen molar-refractivity contribution >= 4 is 5.91 Å². The molecule has 0 saturated carbocycles. The number of carbonyl (C=O) groups excluding carboxylic acids is 1. The maximum Gasteiger partial charge on any atom is 0.236 e. The van der Waals surface area contributed by atoms with Crippen molar-refractivity contribution < 1.29 is 13.9 Å². The quantitative estimate of drug-likeness (QED) is 0.759. The Balaban J connectivity index is 1.86. The zero-order valence-electron chi connectivity index (χ0n) is 15.8. The first-order chi connectivity index (χ1) is 12.4. The molecule has 0 aromatic heterocycles. The van der Waals surface area contributed by atoms with E-state index in [0.717, 1.165) is 22.4 Å². The number of benzene rings is 2. The van der Waals surface area contributed by atoms with Gasteiger partial charge in [-0.25, -0.2) is 4.39 Å². The molecule has 2 atom stereocenters. The molecule has 2 N–H and O–H groups in total. The van der Waals surface area contributed by atoms with Gasteiger partial charge in [0.2, 0.25) is 5.91 Å². The van der Waals surface area contributed by atoms with E-state index in [1.165, 1.54) is 12.1 Å². The van der Waals surface area contributed by atoms with Gasteiger partial charge in [0.05, 0.1) is 13.2 Å². The van der Waals surface area contributed by atoms with E-state index in [-0.39, 0.29) is 23.8 Å². The number of halogens is 1. The minimum Gasteiger partial charge on any atom is -0.496 e. The fourth-order valence-corrected chi connectivity index (χ4v) is 2.87. The van der Waals surface area contributed by atoms with Gasteiger partial charge in [-0.2, -0.15) is 0 Å².